The van der Waals surface area contributed by atoms with Crippen LogP contribution in [0.15, 0.2) is 0 Å². The van der Waals surface area contributed by atoms with Crippen molar-refractivity contribution in [2.24, 2.45) is 5.41 Å². The standard InChI is InChI=1S/C17H26N4O3/c1-20-8-9-21(13-17(20)3-2-14(22)19-7-4-17)15(23)16(12-18)5-10-24-11-6-16/h2-11,13H2,1H3,(H,19,22)/t17-/m1/s1. The molecule has 1 N–H and O–H groups in total. The second-order valence-corrected chi connectivity index (χ2v) is 7.28. The highest BCUT2D eigenvalue weighted by molar-refractivity contribution is 5.86. The second-order valence-electron chi connectivity index (χ2n) is 7.28. The molecule has 2 amide bonds. The van der Waals surface area contributed by atoms with Crippen molar-refractivity contribution in [3.63, 3.8) is 0 Å². The first kappa shape index (κ1) is 17.2. The van der Waals surface area contributed by atoms with Crippen molar-refractivity contribution < 1.29 is 14.3 Å². The van der Waals surface area contributed by atoms with Crippen molar-refractivity contribution in [1.82, 2.24) is 15.1 Å². The Balaban J connectivity index is 1.78. The lowest BCUT2D eigenvalue weighted by atomic mass is 9.79. The molecule has 24 heavy (non-hydrogen) atoms. The Morgan fingerprint density at radius 1 is 1.25 bits per heavy atom. The van der Waals surface area contributed by atoms with Gasteiger partial charge in [-0.15, -0.1) is 0 Å². The van der Waals surface area contributed by atoms with Crippen LogP contribution in [0.5, 0.6) is 0 Å². The fourth-order valence-electron chi connectivity index (χ4n) is 4.17. The highest BCUT2D eigenvalue weighted by atomic mass is 16.5. The van der Waals surface area contributed by atoms with Gasteiger partial charge in [-0.1, -0.05) is 0 Å². The maximum atomic E-state index is 13.1. The molecule has 3 fully saturated rings. The molecule has 1 spiro atoms. The first-order valence-electron chi connectivity index (χ1n) is 8.78. The quantitative estimate of drug-likeness (QED) is 0.736. The van der Waals surface area contributed by atoms with E-state index in [4.69, 9.17) is 4.74 Å². The monoisotopic (exact) mass is 334 g/mol. The van der Waals surface area contributed by atoms with Gasteiger partial charge in [0.05, 0.1) is 6.07 Å². The summed E-state index contributed by atoms with van der Waals surface area (Å²) in [5.74, 6) is 0.0333. The minimum Gasteiger partial charge on any atom is -0.381 e. The van der Waals surface area contributed by atoms with Crippen LogP contribution in [0.4, 0.5) is 0 Å². The van der Waals surface area contributed by atoms with E-state index in [9.17, 15) is 14.9 Å². The lowest BCUT2D eigenvalue weighted by Crippen LogP contribution is -2.64. The summed E-state index contributed by atoms with van der Waals surface area (Å²) >= 11 is 0. The van der Waals surface area contributed by atoms with Crippen molar-refractivity contribution >= 4 is 11.8 Å². The fourth-order valence-corrected chi connectivity index (χ4v) is 4.17. The van der Waals surface area contributed by atoms with Gasteiger partial charge < -0.3 is 15.0 Å². The molecule has 0 aromatic rings. The number of hydrogen-bond donors (Lipinski definition) is 1. The average Bonchev–Trinajstić information content (AvgIpc) is 2.80. The van der Waals surface area contributed by atoms with Gasteiger partial charge in [0.15, 0.2) is 0 Å². The molecule has 0 unspecified atom stereocenters. The number of amides is 2. The average molecular weight is 334 g/mol. The Labute approximate surface area is 142 Å². The third-order valence-electron chi connectivity index (χ3n) is 5.99. The van der Waals surface area contributed by atoms with Crippen LogP contribution in [0.25, 0.3) is 0 Å². The minimum atomic E-state index is -0.936. The third kappa shape index (κ3) is 3.01. The zero-order chi connectivity index (χ0) is 17.2. The normalized spacial score (nSPS) is 31.2. The molecule has 132 valence electrons. The first-order chi connectivity index (χ1) is 11.5. The molecule has 7 heteroatoms. The van der Waals surface area contributed by atoms with Crippen LogP contribution >= 0.6 is 0 Å². The number of rotatable bonds is 1. The van der Waals surface area contributed by atoms with E-state index in [0.29, 0.717) is 52.1 Å². The maximum absolute atomic E-state index is 13.1. The second kappa shape index (κ2) is 6.69. The van der Waals surface area contributed by atoms with Gasteiger partial charge in [-0.25, -0.2) is 0 Å². The largest absolute Gasteiger partial charge is 0.381 e. The lowest BCUT2D eigenvalue weighted by Gasteiger charge is -2.50. The molecular weight excluding hydrogens is 308 g/mol. The third-order valence-corrected chi connectivity index (χ3v) is 5.99. The number of nitriles is 1. The Hall–Kier alpha value is -1.65. The molecule has 0 aliphatic carbocycles. The molecule has 0 saturated carbocycles. The number of nitrogens with zero attached hydrogens (tertiary/aromatic N) is 3. The molecule has 0 aromatic carbocycles. The van der Waals surface area contributed by atoms with Crippen LogP contribution < -0.4 is 5.32 Å². The fraction of sp³-hybridized carbons (Fsp3) is 0.824. The van der Waals surface area contributed by atoms with E-state index in [0.717, 1.165) is 19.4 Å². The van der Waals surface area contributed by atoms with Crippen LogP contribution in [-0.4, -0.2) is 73.6 Å². The van der Waals surface area contributed by atoms with Gasteiger partial charge in [0, 0.05) is 51.4 Å². The van der Waals surface area contributed by atoms with Crippen molar-refractivity contribution in [2.45, 2.75) is 37.6 Å². The van der Waals surface area contributed by atoms with E-state index >= 15 is 0 Å². The van der Waals surface area contributed by atoms with Gasteiger partial charge in [-0.2, -0.15) is 5.26 Å². The molecule has 0 radical (unpaired) electrons. The smallest absolute Gasteiger partial charge is 0.243 e. The predicted octanol–water partition coefficient (Wildman–Crippen LogP) is 0.120. The summed E-state index contributed by atoms with van der Waals surface area (Å²) in [4.78, 5) is 29.0. The summed E-state index contributed by atoms with van der Waals surface area (Å²) in [7, 11) is 2.08. The van der Waals surface area contributed by atoms with Gasteiger partial charge in [0.1, 0.15) is 5.41 Å². The summed E-state index contributed by atoms with van der Waals surface area (Å²) in [5.41, 5.74) is -1.11. The number of carbonyl (C=O) groups excluding carboxylic acids is 2. The summed E-state index contributed by atoms with van der Waals surface area (Å²) in [6.07, 6.45) is 3.02. The van der Waals surface area contributed by atoms with E-state index in [-0.39, 0.29) is 17.4 Å². The maximum Gasteiger partial charge on any atom is 0.243 e. The summed E-state index contributed by atoms with van der Waals surface area (Å²) in [6, 6.07) is 2.29. The van der Waals surface area contributed by atoms with E-state index in [1.165, 1.54) is 0 Å². The van der Waals surface area contributed by atoms with Crippen molar-refractivity contribution in [2.75, 3.05) is 46.4 Å². The molecular formula is C17H26N4O3. The molecule has 3 heterocycles. The van der Waals surface area contributed by atoms with Gasteiger partial charge in [0.2, 0.25) is 11.8 Å². The van der Waals surface area contributed by atoms with Crippen LogP contribution in [0.1, 0.15) is 32.1 Å². The van der Waals surface area contributed by atoms with Crippen LogP contribution in [0.2, 0.25) is 0 Å². The van der Waals surface area contributed by atoms with Crippen molar-refractivity contribution in [1.29, 1.82) is 5.26 Å². The van der Waals surface area contributed by atoms with E-state index < -0.39 is 5.41 Å². The summed E-state index contributed by atoms with van der Waals surface area (Å²) < 4.78 is 5.34. The van der Waals surface area contributed by atoms with E-state index in [1.807, 2.05) is 4.90 Å². The molecule has 0 aromatic heterocycles. The van der Waals surface area contributed by atoms with Gasteiger partial charge >= 0.3 is 0 Å². The Kier molecular flexibility index (Phi) is 4.79. The SMILES string of the molecule is CN1CCN(C(=O)C2(C#N)CCOCC2)C[C@@]12CCNC(=O)CC2. The van der Waals surface area contributed by atoms with Gasteiger partial charge in [0.25, 0.3) is 0 Å². The first-order valence-corrected chi connectivity index (χ1v) is 8.78. The highest BCUT2D eigenvalue weighted by Gasteiger charge is 2.48. The Morgan fingerprint density at radius 3 is 2.71 bits per heavy atom. The molecule has 3 aliphatic rings. The van der Waals surface area contributed by atoms with Crippen LogP contribution in [0.3, 0.4) is 0 Å². The Morgan fingerprint density at radius 2 is 2.00 bits per heavy atom. The highest BCUT2D eigenvalue weighted by Crippen LogP contribution is 2.36. The zero-order valence-electron chi connectivity index (χ0n) is 14.3. The number of piperazine rings is 1. The molecule has 3 aliphatic heterocycles. The molecule has 7 nitrogen and oxygen atoms in total. The number of carbonyl (C=O) groups is 2. The van der Waals surface area contributed by atoms with Crippen molar-refractivity contribution in [3.05, 3.63) is 0 Å². The number of ether oxygens (including phenoxy) is 1. The summed E-state index contributed by atoms with van der Waals surface area (Å²) in [6.45, 7) is 3.60. The van der Waals surface area contributed by atoms with E-state index in [1.54, 1.807) is 0 Å². The minimum absolute atomic E-state index is 0.0516. The predicted molar refractivity (Wildman–Crippen MR) is 86.9 cm³/mol. The number of nitrogens with one attached hydrogen (secondary N) is 1. The molecule has 3 saturated heterocycles. The molecule has 1 atom stereocenters. The van der Waals surface area contributed by atoms with Gasteiger partial charge in [-0.3, -0.25) is 14.5 Å². The van der Waals surface area contributed by atoms with Gasteiger partial charge in [-0.05, 0) is 32.7 Å². The number of hydrogen-bond acceptors (Lipinski definition) is 5. The number of likely N-dealkylation sites (N-methyl/N-ethyl adjacent to an activating group) is 1. The Bertz CT molecular complexity index is 553. The lowest BCUT2D eigenvalue weighted by molar-refractivity contribution is -0.149. The van der Waals surface area contributed by atoms with Crippen LogP contribution in [-0.2, 0) is 14.3 Å². The van der Waals surface area contributed by atoms with E-state index in [2.05, 4.69) is 23.3 Å². The molecule has 0 bridgehead atoms. The molecule has 3 rings (SSSR count). The van der Waals surface area contributed by atoms with Crippen molar-refractivity contribution in [3.8, 4) is 6.07 Å². The van der Waals surface area contributed by atoms with Crippen LogP contribution in [0, 0.1) is 16.7 Å². The zero-order valence-corrected chi connectivity index (χ0v) is 14.3. The topological polar surface area (TPSA) is 85.7 Å². The summed E-state index contributed by atoms with van der Waals surface area (Å²) in [5, 5.41) is 12.6.